The minimum Gasteiger partial charge on any atom is -0.261 e. The van der Waals surface area contributed by atoms with Crippen molar-refractivity contribution in [3.05, 3.63) is 29.1 Å². The molecule has 0 N–H and O–H groups in total. The van der Waals surface area contributed by atoms with E-state index in [1.54, 1.807) is 0 Å². The van der Waals surface area contributed by atoms with Crippen LogP contribution in [0.25, 0.3) is 0 Å². The molecule has 0 unspecified atom stereocenters. The van der Waals surface area contributed by atoms with Gasteiger partial charge in [-0.05, 0) is 52.2 Å². The van der Waals surface area contributed by atoms with E-state index in [0.717, 1.165) is 29.8 Å². The zero-order valence-electron chi connectivity index (χ0n) is 10.8. The highest BCUT2D eigenvalue weighted by atomic mass is 32.2. The first-order chi connectivity index (χ1) is 7.88. The van der Waals surface area contributed by atoms with Crippen molar-refractivity contribution in [2.24, 2.45) is 4.40 Å². The van der Waals surface area contributed by atoms with Gasteiger partial charge in [-0.15, -0.1) is 0 Å². The summed E-state index contributed by atoms with van der Waals surface area (Å²) in [5.74, 6) is 0. The molecule has 0 spiro atoms. The van der Waals surface area contributed by atoms with E-state index in [0.29, 0.717) is 0 Å². The number of fused-ring (bicyclic) bond motifs is 1. The first-order valence-electron chi connectivity index (χ1n) is 5.83. The van der Waals surface area contributed by atoms with Gasteiger partial charge >= 0.3 is 0 Å². The lowest BCUT2D eigenvalue weighted by Crippen LogP contribution is -2.20. The third-order valence-corrected chi connectivity index (χ3v) is 4.22. The Bertz CT molecular complexity index is 501. The molecule has 0 amide bonds. The molecular formula is C13H18N2OS. The van der Waals surface area contributed by atoms with Gasteiger partial charge in [-0.2, -0.15) is 4.40 Å². The molecule has 3 nitrogen and oxygen atoms in total. The lowest BCUT2D eigenvalue weighted by molar-refractivity contribution is 0.650. The number of aryl methyl sites for hydroxylation is 2. The molecule has 1 aliphatic rings. The van der Waals surface area contributed by atoms with Gasteiger partial charge in [0.1, 0.15) is 11.0 Å². The molecule has 1 aromatic heterocycles. The number of hydrogen-bond acceptors (Lipinski definition) is 2. The summed E-state index contributed by atoms with van der Waals surface area (Å²) in [5, 5.41) is 0. The molecule has 1 heterocycles. The Balaban J connectivity index is 2.34. The maximum atomic E-state index is 12.0. The number of rotatable bonds is 1. The monoisotopic (exact) mass is 250 g/mol. The van der Waals surface area contributed by atoms with Gasteiger partial charge in [0, 0.05) is 17.5 Å². The molecule has 92 valence electrons. The zero-order chi connectivity index (χ0) is 12.6. The van der Waals surface area contributed by atoms with E-state index in [2.05, 4.69) is 15.4 Å². The van der Waals surface area contributed by atoms with Gasteiger partial charge in [-0.25, -0.2) is 4.21 Å². The standard InChI is InChI=1S/C13H18N2OS/c1-9-7-10-5-6-12(11(10)8-14-9)15-17(16)13(2,3)4/h7-8H,5-6H2,1-4H3/t17-/m1/s1. The summed E-state index contributed by atoms with van der Waals surface area (Å²) in [5.41, 5.74) is 4.33. The Labute approximate surface area is 105 Å². The SMILES string of the molecule is Cc1cc2c(cn1)C(=N[S@](=O)C(C)(C)C)CC2. The maximum absolute atomic E-state index is 12.0. The molecule has 0 saturated carbocycles. The Morgan fingerprint density at radius 1 is 1.35 bits per heavy atom. The zero-order valence-corrected chi connectivity index (χ0v) is 11.6. The van der Waals surface area contributed by atoms with Crippen LogP contribution in [0.5, 0.6) is 0 Å². The van der Waals surface area contributed by atoms with Crippen LogP contribution in [0.4, 0.5) is 0 Å². The summed E-state index contributed by atoms with van der Waals surface area (Å²) < 4.78 is 16.1. The van der Waals surface area contributed by atoms with Crippen molar-refractivity contribution >= 4 is 16.7 Å². The number of hydrogen-bond donors (Lipinski definition) is 0. The molecule has 2 rings (SSSR count). The smallest absolute Gasteiger partial charge is 0.145 e. The van der Waals surface area contributed by atoms with Crippen LogP contribution < -0.4 is 0 Å². The van der Waals surface area contributed by atoms with Crippen LogP contribution in [0.3, 0.4) is 0 Å². The van der Waals surface area contributed by atoms with Crippen LogP contribution in [-0.2, 0) is 17.4 Å². The molecule has 0 bridgehead atoms. The number of pyridine rings is 1. The summed E-state index contributed by atoms with van der Waals surface area (Å²) in [7, 11) is -1.18. The van der Waals surface area contributed by atoms with E-state index < -0.39 is 11.0 Å². The van der Waals surface area contributed by atoms with E-state index >= 15 is 0 Å². The van der Waals surface area contributed by atoms with Gasteiger partial charge in [0.15, 0.2) is 0 Å². The van der Waals surface area contributed by atoms with Crippen molar-refractivity contribution in [1.82, 2.24) is 4.98 Å². The summed E-state index contributed by atoms with van der Waals surface area (Å²) in [6.45, 7) is 7.81. The minimum absolute atomic E-state index is 0.298. The number of aromatic nitrogens is 1. The van der Waals surface area contributed by atoms with Crippen LogP contribution in [0.1, 0.15) is 44.0 Å². The third-order valence-electron chi connectivity index (χ3n) is 2.79. The molecule has 0 aromatic carbocycles. The van der Waals surface area contributed by atoms with E-state index in [4.69, 9.17) is 0 Å². The van der Waals surface area contributed by atoms with Crippen molar-refractivity contribution in [1.29, 1.82) is 0 Å². The molecule has 17 heavy (non-hydrogen) atoms. The highest BCUT2D eigenvalue weighted by Crippen LogP contribution is 2.24. The van der Waals surface area contributed by atoms with Crippen LogP contribution in [0.2, 0.25) is 0 Å². The molecule has 0 radical (unpaired) electrons. The summed E-state index contributed by atoms with van der Waals surface area (Å²) in [4.78, 5) is 4.29. The highest BCUT2D eigenvalue weighted by Gasteiger charge is 2.23. The lowest BCUT2D eigenvalue weighted by atomic mass is 10.1. The lowest BCUT2D eigenvalue weighted by Gasteiger charge is -2.14. The van der Waals surface area contributed by atoms with Crippen molar-refractivity contribution in [2.45, 2.75) is 45.3 Å². The van der Waals surface area contributed by atoms with E-state index in [9.17, 15) is 4.21 Å². The summed E-state index contributed by atoms with van der Waals surface area (Å²) in [6, 6.07) is 2.10. The molecule has 0 saturated heterocycles. The van der Waals surface area contributed by atoms with Crippen molar-refractivity contribution in [2.75, 3.05) is 0 Å². The fourth-order valence-electron chi connectivity index (χ4n) is 1.80. The van der Waals surface area contributed by atoms with Gasteiger partial charge in [-0.3, -0.25) is 4.98 Å². The number of nitrogens with zero attached hydrogens (tertiary/aromatic N) is 2. The van der Waals surface area contributed by atoms with Gasteiger partial charge in [0.2, 0.25) is 0 Å². The first-order valence-corrected chi connectivity index (χ1v) is 6.94. The van der Waals surface area contributed by atoms with Crippen molar-refractivity contribution < 1.29 is 4.21 Å². The average molecular weight is 250 g/mol. The molecule has 1 aliphatic carbocycles. The van der Waals surface area contributed by atoms with Crippen LogP contribution in [0, 0.1) is 6.92 Å². The summed E-state index contributed by atoms with van der Waals surface area (Å²) >= 11 is 0. The van der Waals surface area contributed by atoms with Gasteiger partial charge < -0.3 is 0 Å². The van der Waals surface area contributed by atoms with Crippen molar-refractivity contribution in [3.8, 4) is 0 Å². The van der Waals surface area contributed by atoms with Crippen molar-refractivity contribution in [3.63, 3.8) is 0 Å². The van der Waals surface area contributed by atoms with Gasteiger partial charge in [-0.1, -0.05) is 0 Å². The van der Waals surface area contributed by atoms with E-state index in [1.807, 2.05) is 33.9 Å². The molecule has 1 atom stereocenters. The Morgan fingerprint density at radius 2 is 2.06 bits per heavy atom. The van der Waals surface area contributed by atoms with Crippen LogP contribution in [0.15, 0.2) is 16.7 Å². The second-order valence-electron chi connectivity index (χ2n) is 5.38. The molecule has 4 heteroatoms. The fourth-order valence-corrected chi connectivity index (χ4v) is 2.47. The summed E-state index contributed by atoms with van der Waals surface area (Å²) in [6.07, 6.45) is 3.72. The highest BCUT2D eigenvalue weighted by molar-refractivity contribution is 7.85. The first kappa shape index (κ1) is 12.4. The predicted octanol–water partition coefficient (Wildman–Crippen LogP) is 2.59. The fraction of sp³-hybridized carbons (Fsp3) is 0.538. The molecule has 1 aromatic rings. The van der Waals surface area contributed by atoms with Gasteiger partial charge in [0.05, 0.1) is 10.5 Å². The molecule has 0 aliphatic heterocycles. The van der Waals surface area contributed by atoms with E-state index in [1.165, 1.54) is 5.56 Å². The molecule has 0 fully saturated rings. The second-order valence-corrected chi connectivity index (χ2v) is 7.29. The van der Waals surface area contributed by atoms with E-state index in [-0.39, 0.29) is 4.75 Å². The average Bonchev–Trinajstić information content (AvgIpc) is 2.59. The minimum atomic E-state index is -1.18. The molecular weight excluding hydrogens is 232 g/mol. The largest absolute Gasteiger partial charge is 0.261 e. The van der Waals surface area contributed by atoms with Gasteiger partial charge in [0.25, 0.3) is 0 Å². The topological polar surface area (TPSA) is 42.3 Å². The maximum Gasteiger partial charge on any atom is 0.145 e. The Morgan fingerprint density at radius 3 is 2.71 bits per heavy atom. The Hall–Kier alpha value is -1.03. The second kappa shape index (κ2) is 4.33. The van der Waals surface area contributed by atoms with Crippen LogP contribution in [-0.4, -0.2) is 19.7 Å². The van der Waals surface area contributed by atoms with Crippen LogP contribution >= 0.6 is 0 Å². The third kappa shape index (κ3) is 2.63. The predicted molar refractivity (Wildman–Crippen MR) is 71.7 cm³/mol. The normalized spacial score (nSPS) is 19.4. The Kier molecular flexibility index (Phi) is 3.17. The quantitative estimate of drug-likeness (QED) is 0.769.